The second kappa shape index (κ2) is 24.2. The minimum Gasteiger partial charge on any atom is -0.0530 e. The van der Waals surface area contributed by atoms with Crippen LogP contribution in [0.1, 0.15) is 321 Å². The second-order valence-corrected chi connectivity index (χ2v) is 38.2. The van der Waals surface area contributed by atoms with Crippen LogP contribution in [0.3, 0.4) is 0 Å². The maximum Gasteiger partial charge on any atom is -0.0321 e. The zero-order valence-electron chi connectivity index (χ0n) is 55.0. The third-order valence-electron chi connectivity index (χ3n) is 36.4. The predicted octanol–water partition coefficient (Wildman–Crippen LogP) is 23.7. The lowest BCUT2D eigenvalue weighted by molar-refractivity contribution is -0.178. The molecule has 34 atom stereocenters. The molecule has 18 saturated carbocycles. The fourth-order valence-electron chi connectivity index (χ4n) is 34.6. The SMILES string of the molecule is C1CCC2C(C1)CC(C1C3CCCCC3C(C3CC4CCCCC4C4CCCCC43)C3CC(C4CCC5C(C4)C(C4CC6CCCCC6C6CCCCC64)C4CCCCC4C5C4CC5CCCCC5C5CCCCC54)CCC31)C1CCCCC21. The first-order valence-electron chi connectivity index (χ1n) is 41.7. The monoisotopic (exact) mass is 1140 g/mol. The van der Waals surface area contributed by atoms with Crippen molar-refractivity contribution in [2.24, 2.45) is 201 Å². The van der Waals surface area contributed by atoms with Crippen LogP contribution in [0.15, 0.2) is 0 Å². The molecule has 84 heavy (non-hydrogen) atoms. The summed E-state index contributed by atoms with van der Waals surface area (Å²) in [4.78, 5) is 0. The summed E-state index contributed by atoms with van der Waals surface area (Å²) >= 11 is 0. The van der Waals surface area contributed by atoms with E-state index in [4.69, 9.17) is 0 Å². The average Bonchev–Trinajstić information content (AvgIpc) is 2.32. The van der Waals surface area contributed by atoms with Crippen LogP contribution in [0.5, 0.6) is 0 Å². The van der Waals surface area contributed by atoms with Gasteiger partial charge in [-0.2, -0.15) is 0 Å². The van der Waals surface area contributed by atoms with Gasteiger partial charge in [-0.15, -0.1) is 0 Å². The van der Waals surface area contributed by atoms with Crippen LogP contribution in [-0.4, -0.2) is 0 Å². The fraction of sp³-hybridized carbons (Fsp3) is 1.00. The van der Waals surface area contributed by atoms with Gasteiger partial charge in [-0.25, -0.2) is 0 Å². The molecule has 0 saturated heterocycles. The van der Waals surface area contributed by atoms with Gasteiger partial charge in [0.2, 0.25) is 0 Å². The van der Waals surface area contributed by atoms with Crippen molar-refractivity contribution in [3.8, 4) is 0 Å². The van der Waals surface area contributed by atoms with Gasteiger partial charge in [0.25, 0.3) is 0 Å². The van der Waals surface area contributed by atoms with E-state index in [2.05, 4.69) is 0 Å². The van der Waals surface area contributed by atoms with Crippen LogP contribution in [0.2, 0.25) is 0 Å². The second-order valence-electron chi connectivity index (χ2n) is 38.2. The Morgan fingerprint density at radius 3 is 0.500 bits per heavy atom. The summed E-state index contributed by atoms with van der Waals surface area (Å²) < 4.78 is 0. The minimum atomic E-state index is 1.08. The first-order chi connectivity index (χ1) is 41.7. The zero-order chi connectivity index (χ0) is 55.0. The van der Waals surface area contributed by atoms with Crippen LogP contribution < -0.4 is 0 Å². The number of rotatable bonds is 5. The van der Waals surface area contributed by atoms with Crippen molar-refractivity contribution < 1.29 is 0 Å². The molecule has 0 heterocycles. The molecule has 0 nitrogen and oxygen atoms in total. The third-order valence-corrected chi connectivity index (χ3v) is 36.4. The number of fused-ring (bicyclic) bond motifs is 16. The molecule has 0 bridgehead atoms. The van der Waals surface area contributed by atoms with Gasteiger partial charge < -0.3 is 0 Å². The molecule has 0 radical (unpaired) electrons. The third kappa shape index (κ3) is 9.66. The van der Waals surface area contributed by atoms with Gasteiger partial charge in [-0.3, -0.25) is 0 Å². The Hall–Kier alpha value is 0. The molecular formula is C84H134. The highest BCUT2D eigenvalue weighted by Gasteiger charge is 2.65. The van der Waals surface area contributed by atoms with Crippen molar-refractivity contribution in [1.82, 2.24) is 0 Å². The highest BCUT2D eigenvalue weighted by Crippen LogP contribution is 2.72. The summed E-state index contributed by atoms with van der Waals surface area (Å²) in [5, 5.41) is 0. The van der Waals surface area contributed by atoms with E-state index in [0.717, 1.165) is 201 Å². The van der Waals surface area contributed by atoms with Crippen molar-refractivity contribution in [3.05, 3.63) is 0 Å². The first kappa shape index (κ1) is 56.7. The predicted molar refractivity (Wildman–Crippen MR) is 350 cm³/mol. The average molecular weight is 1140 g/mol. The standard InChI is InChI=1S/C84H134/c1-5-25-57-53(21-1)47-75(65-33-13-9-29-61(57)65)81-69-37-17-19-39-71(69)83(77-49-55-23-3-7-27-59(55)63-31-11-15-35-67(63)77)79-45-51(41-43-73(79)81)52-42-44-74-80(46-52)84(78-50-56-24-4-8-28-60(56)64-32-12-16-36-68(64)78)72-40-20-18-38-70(72)82(74)76-48-54-22-2-6-26-58(54)62-30-10-14-34-66(62)76/h51-84H,1-50H2. The summed E-state index contributed by atoms with van der Waals surface area (Å²) in [6.07, 6.45) is 82.2. The van der Waals surface area contributed by atoms with Gasteiger partial charge in [-0.05, 0) is 368 Å². The lowest BCUT2D eigenvalue weighted by atomic mass is 9.39. The van der Waals surface area contributed by atoms with Gasteiger partial charge in [0.05, 0.1) is 0 Å². The van der Waals surface area contributed by atoms with Gasteiger partial charge in [0.15, 0.2) is 0 Å². The molecule has 18 aliphatic carbocycles. The first-order valence-corrected chi connectivity index (χ1v) is 41.7. The summed E-state index contributed by atoms with van der Waals surface area (Å²) in [6, 6.07) is 0. The topological polar surface area (TPSA) is 0 Å². The van der Waals surface area contributed by atoms with Crippen molar-refractivity contribution in [2.75, 3.05) is 0 Å². The van der Waals surface area contributed by atoms with E-state index >= 15 is 0 Å². The van der Waals surface area contributed by atoms with Gasteiger partial charge in [0, 0.05) is 0 Å². The molecule has 0 N–H and O–H groups in total. The van der Waals surface area contributed by atoms with Crippen LogP contribution in [0.4, 0.5) is 0 Å². The van der Waals surface area contributed by atoms with Crippen LogP contribution >= 0.6 is 0 Å². The molecule has 470 valence electrons. The van der Waals surface area contributed by atoms with Gasteiger partial charge in [0.1, 0.15) is 0 Å². The zero-order valence-corrected chi connectivity index (χ0v) is 55.0. The van der Waals surface area contributed by atoms with E-state index < -0.39 is 0 Å². The molecule has 0 heteroatoms. The molecule has 0 aliphatic heterocycles. The number of hydrogen-bond acceptors (Lipinski definition) is 0. The van der Waals surface area contributed by atoms with Crippen LogP contribution in [0, 0.1) is 201 Å². The molecule has 0 spiro atoms. The summed E-state index contributed by atoms with van der Waals surface area (Å²) in [7, 11) is 0. The normalized spacial score (nSPS) is 58.0. The minimum absolute atomic E-state index is 1.08. The quantitative estimate of drug-likeness (QED) is 0.257. The molecule has 18 aliphatic rings. The lowest BCUT2D eigenvalue weighted by Crippen LogP contribution is -2.60. The van der Waals surface area contributed by atoms with E-state index in [-0.39, 0.29) is 0 Å². The largest absolute Gasteiger partial charge is 0.0530 e. The van der Waals surface area contributed by atoms with Crippen LogP contribution in [-0.2, 0) is 0 Å². The number of hydrogen-bond donors (Lipinski definition) is 0. The highest BCUT2D eigenvalue weighted by molar-refractivity contribution is 5.14. The van der Waals surface area contributed by atoms with Crippen molar-refractivity contribution in [1.29, 1.82) is 0 Å². The summed E-state index contributed by atoms with van der Waals surface area (Å²) in [5.41, 5.74) is 0. The molecule has 0 aromatic rings. The maximum atomic E-state index is 1.76. The fourth-order valence-corrected chi connectivity index (χ4v) is 34.6. The Bertz CT molecular complexity index is 2050. The summed E-state index contributed by atoms with van der Waals surface area (Å²) in [5.74, 6) is 38.1. The van der Waals surface area contributed by atoms with E-state index in [9.17, 15) is 0 Å². The molecule has 0 aromatic carbocycles. The Labute approximate surface area is 519 Å². The van der Waals surface area contributed by atoms with Crippen LogP contribution in [0.25, 0.3) is 0 Å². The summed E-state index contributed by atoms with van der Waals surface area (Å²) in [6.45, 7) is 0. The highest BCUT2D eigenvalue weighted by atomic mass is 14.7. The molecule has 0 amide bonds. The van der Waals surface area contributed by atoms with E-state index in [1.54, 1.807) is 321 Å². The van der Waals surface area contributed by atoms with Crippen molar-refractivity contribution >= 4 is 0 Å². The van der Waals surface area contributed by atoms with E-state index in [0.29, 0.717) is 0 Å². The Morgan fingerprint density at radius 2 is 0.250 bits per heavy atom. The van der Waals surface area contributed by atoms with Gasteiger partial charge in [-0.1, -0.05) is 154 Å². The maximum absolute atomic E-state index is 1.76. The van der Waals surface area contributed by atoms with E-state index in [1.165, 1.54) is 0 Å². The molecule has 34 unspecified atom stereocenters. The van der Waals surface area contributed by atoms with Gasteiger partial charge >= 0.3 is 0 Å². The lowest BCUT2D eigenvalue weighted by Gasteiger charge is -2.66. The van der Waals surface area contributed by atoms with Crippen molar-refractivity contribution in [2.45, 2.75) is 321 Å². The Balaban J connectivity index is 0.717. The Morgan fingerprint density at radius 1 is 0.0952 bits per heavy atom. The van der Waals surface area contributed by atoms with E-state index in [1.807, 2.05) is 0 Å². The molecule has 0 aromatic heterocycles. The molecular weight excluding hydrogens is 1010 g/mol. The van der Waals surface area contributed by atoms with Crippen molar-refractivity contribution in [3.63, 3.8) is 0 Å². The molecule has 18 fully saturated rings. The smallest absolute Gasteiger partial charge is 0.0321 e. The Kier molecular flexibility index (Phi) is 16.3. The molecule has 18 rings (SSSR count).